The molecule has 0 radical (unpaired) electrons. The van der Waals surface area contributed by atoms with Crippen molar-refractivity contribution in [2.45, 2.75) is 32.7 Å². The molecule has 0 rings (SSSR count). The van der Waals surface area contributed by atoms with Crippen LogP contribution in [0.4, 0.5) is 0 Å². The number of hydrogen-bond acceptors (Lipinski definition) is 1. The average Bonchev–Trinajstić information content (AvgIpc) is 1.89. The largest absolute Gasteiger partial charge is 0.293 e. The summed E-state index contributed by atoms with van der Waals surface area (Å²) in [5.74, 6) is 2.63. The number of terminal acetylenes is 1. The SMILES string of the molecule is C#CCN(C)C(C)CCC.Cl. The molecule has 0 saturated heterocycles. The standard InChI is InChI=1S/C9H17N.ClH/c1-5-7-9(3)10(4)8-6-2;/h2,9H,5,7-8H2,1,3-4H3;1H. The fraction of sp³-hybridized carbons (Fsp3) is 0.778. The minimum atomic E-state index is 0. The van der Waals surface area contributed by atoms with E-state index in [1.54, 1.807) is 0 Å². The van der Waals surface area contributed by atoms with Gasteiger partial charge in [0.1, 0.15) is 0 Å². The summed E-state index contributed by atoms with van der Waals surface area (Å²) in [6, 6.07) is 0.626. The van der Waals surface area contributed by atoms with Crippen LogP contribution >= 0.6 is 12.4 Å². The predicted molar refractivity (Wildman–Crippen MR) is 53.1 cm³/mol. The second kappa shape index (κ2) is 7.91. The fourth-order valence-electron chi connectivity index (χ4n) is 0.938. The van der Waals surface area contributed by atoms with E-state index in [1.807, 2.05) is 0 Å². The Hall–Kier alpha value is -0.190. The third kappa shape index (κ3) is 6.22. The number of rotatable bonds is 4. The summed E-state index contributed by atoms with van der Waals surface area (Å²) < 4.78 is 0. The topological polar surface area (TPSA) is 3.24 Å². The van der Waals surface area contributed by atoms with Crippen LogP contribution in [0.5, 0.6) is 0 Å². The molecule has 1 nitrogen and oxygen atoms in total. The molecule has 0 bridgehead atoms. The Balaban J connectivity index is 0. The van der Waals surface area contributed by atoms with Crippen LogP contribution < -0.4 is 0 Å². The molecule has 0 aliphatic heterocycles. The molecule has 0 aromatic rings. The van der Waals surface area contributed by atoms with Gasteiger partial charge in [-0.2, -0.15) is 0 Å². The maximum Gasteiger partial charge on any atom is 0.0598 e. The summed E-state index contributed by atoms with van der Waals surface area (Å²) in [4.78, 5) is 2.20. The Morgan fingerprint density at radius 2 is 2.09 bits per heavy atom. The first-order chi connectivity index (χ1) is 4.72. The lowest BCUT2D eigenvalue weighted by molar-refractivity contribution is 0.273. The van der Waals surface area contributed by atoms with Crippen LogP contribution in [0, 0.1) is 12.3 Å². The van der Waals surface area contributed by atoms with Crippen LogP contribution in [0.15, 0.2) is 0 Å². The van der Waals surface area contributed by atoms with Gasteiger partial charge in [-0.15, -0.1) is 18.8 Å². The third-order valence-corrected chi connectivity index (χ3v) is 1.80. The maximum absolute atomic E-state index is 5.17. The van der Waals surface area contributed by atoms with Crippen LogP contribution in [0.2, 0.25) is 0 Å². The molecule has 2 heteroatoms. The molecule has 0 fully saturated rings. The minimum Gasteiger partial charge on any atom is -0.293 e. The van der Waals surface area contributed by atoms with Gasteiger partial charge in [0.15, 0.2) is 0 Å². The van der Waals surface area contributed by atoms with Crippen LogP contribution in [0.25, 0.3) is 0 Å². The summed E-state index contributed by atoms with van der Waals surface area (Å²) in [6.45, 7) is 5.17. The quantitative estimate of drug-likeness (QED) is 0.592. The van der Waals surface area contributed by atoms with Crippen molar-refractivity contribution in [1.82, 2.24) is 4.90 Å². The predicted octanol–water partition coefficient (Wildman–Crippen LogP) is 2.16. The van der Waals surface area contributed by atoms with E-state index in [0.29, 0.717) is 6.04 Å². The fourth-order valence-corrected chi connectivity index (χ4v) is 0.938. The van der Waals surface area contributed by atoms with Gasteiger partial charge in [-0.1, -0.05) is 19.3 Å². The first kappa shape index (κ1) is 13.4. The van der Waals surface area contributed by atoms with Gasteiger partial charge in [0.2, 0.25) is 0 Å². The molecular formula is C9H18ClN. The van der Waals surface area contributed by atoms with Gasteiger partial charge in [0, 0.05) is 6.04 Å². The molecule has 0 aromatic carbocycles. The van der Waals surface area contributed by atoms with Crippen molar-refractivity contribution >= 4 is 12.4 Å². The highest BCUT2D eigenvalue weighted by molar-refractivity contribution is 5.85. The summed E-state index contributed by atoms with van der Waals surface area (Å²) in [5, 5.41) is 0. The third-order valence-electron chi connectivity index (χ3n) is 1.80. The first-order valence-electron chi connectivity index (χ1n) is 3.86. The Labute approximate surface area is 76.6 Å². The second-order valence-corrected chi connectivity index (χ2v) is 2.76. The number of halogens is 1. The molecule has 11 heavy (non-hydrogen) atoms. The molecule has 0 aromatic heterocycles. The van der Waals surface area contributed by atoms with Gasteiger partial charge in [-0.25, -0.2) is 0 Å². The molecule has 0 saturated carbocycles. The van der Waals surface area contributed by atoms with E-state index in [2.05, 4.69) is 31.7 Å². The second-order valence-electron chi connectivity index (χ2n) is 2.76. The van der Waals surface area contributed by atoms with Gasteiger partial charge < -0.3 is 0 Å². The average molecular weight is 176 g/mol. The molecule has 0 aliphatic rings. The Morgan fingerprint density at radius 3 is 2.45 bits per heavy atom. The van der Waals surface area contributed by atoms with E-state index in [-0.39, 0.29) is 12.4 Å². The van der Waals surface area contributed by atoms with Crippen LogP contribution in [-0.4, -0.2) is 24.5 Å². The van der Waals surface area contributed by atoms with Gasteiger partial charge in [-0.05, 0) is 20.4 Å². The van der Waals surface area contributed by atoms with Crippen molar-refractivity contribution < 1.29 is 0 Å². The van der Waals surface area contributed by atoms with E-state index in [0.717, 1.165) is 6.54 Å². The summed E-state index contributed by atoms with van der Waals surface area (Å²) in [5.41, 5.74) is 0. The van der Waals surface area contributed by atoms with Crippen molar-refractivity contribution in [2.24, 2.45) is 0 Å². The highest BCUT2D eigenvalue weighted by atomic mass is 35.5. The monoisotopic (exact) mass is 175 g/mol. The van der Waals surface area contributed by atoms with E-state index < -0.39 is 0 Å². The van der Waals surface area contributed by atoms with Crippen molar-refractivity contribution in [3.63, 3.8) is 0 Å². The first-order valence-corrected chi connectivity index (χ1v) is 3.86. The number of nitrogens with zero attached hydrogens (tertiary/aromatic N) is 1. The van der Waals surface area contributed by atoms with E-state index in [9.17, 15) is 0 Å². The smallest absolute Gasteiger partial charge is 0.0598 e. The zero-order valence-corrected chi connectivity index (χ0v) is 8.45. The molecule has 0 amide bonds. The van der Waals surface area contributed by atoms with Gasteiger partial charge in [0.05, 0.1) is 6.54 Å². The zero-order chi connectivity index (χ0) is 7.98. The zero-order valence-electron chi connectivity index (χ0n) is 7.63. The Kier molecular flexibility index (Phi) is 9.64. The summed E-state index contributed by atoms with van der Waals surface area (Å²) in [6.07, 6.45) is 7.64. The van der Waals surface area contributed by atoms with Gasteiger partial charge in [0.25, 0.3) is 0 Å². The normalized spacial score (nSPS) is 11.9. The molecule has 0 heterocycles. The molecular weight excluding hydrogens is 158 g/mol. The highest BCUT2D eigenvalue weighted by Gasteiger charge is 2.04. The minimum absolute atomic E-state index is 0. The van der Waals surface area contributed by atoms with Crippen molar-refractivity contribution in [2.75, 3.05) is 13.6 Å². The lowest BCUT2D eigenvalue weighted by Gasteiger charge is -2.21. The summed E-state index contributed by atoms with van der Waals surface area (Å²) >= 11 is 0. The maximum atomic E-state index is 5.17. The molecule has 1 atom stereocenters. The lowest BCUT2D eigenvalue weighted by atomic mass is 10.2. The van der Waals surface area contributed by atoms with Gasteiger partial charge in [-0.3, -0.25) is 4.90 Å². The van der Waals surface area contributed by atoms with Crippen molar-refractivity contribution in [3.8, 4) is 12.3 Å². The molecule has 66 valence electrons. The van der Waals surface area contributed by atoms with Gasteiger partial charge >= 0.3 is 0 Å². The molecule has 0 aliphatic carbocycles. The van der Waals surface area contributed by atoms with E-state index in [4.69, 9.17) is 6.42 Å². The Bertz CT molecular complexity index is 117. The Morgan fingerprint density at radius 1 is 1.55 bits per heavy atom. The molecule has 1 unspecified atom stereocenters. The summed E-state index contributed by atoms with van der Waals surface area (Å²) in [7, 11) is 2.07. The van der Waals surface area contributed by atoms with E-state index in [1.165, 1.54) is 12.8 Å². The van der Waals surface area contributed by atoms with Crippen LogP contribution in [-0.2, 0) is 0 Å². The highest BCUT2D eigenvalue weighted by Crippen LogP contribution is 2.02. The van der Waals surface area contributed by atoms with Crippen molar-refractivity contribution in [3.05, 3.63) is 0 Å². The molecule has 0 spiro atoms. The lowest BCUT2D eigenvalue weighted by Crippen LogP contribution is -2.28. The van der Waals surface area contributed by atoms with Crippen LogP contribution in [0.3, 0.4) is 0 Å². The van der Waals surface area contributed by atoms with E-state index >= 15 is 0 Å². The van der Waals surface area contributed by atoms with Crippen molar-refractivity contribution in [1.29, 1.82) is 0 Å². The molecule has 0 N–H and O–H groups in total. The number of hydrogen-bond donors (Lipinski definition) is 0. The van der Waals surface area contributed by atoms with Crippen LogP contribution in [0.1, 0.15) is 26.7 Å².